The van der Waals surface area contributed by atoms with E-state index in [0.29, 0.717) is 29.6 Å². The van der Waals surface area contributed by atoms with E-state index in [2.05, 4.69) is 37.5 Å². The summed E-state index contributed by atoms with van der Waals surface area (Å²) in [4.78, 5) is 40.0. The van der Waals surface area contributed by atoms with Crippen molar-refractivity contribution in [1.29, 1.82) is 0 Å². The monoisotopic (exact) mass is 608 g/mol. The molecule has 3 atom stereocenters. The van der Waals surface area contributed by atoms with E-state index in [-0.39, 0.29) is 29.4 Å². The number of aryl methyl sites for hydroxylation is 1. The molecule has 11 nitrogen and oxygen atoms in total. The summed E-state index contributed by atoms with van der Waals surface area (Å²) in [5, 5.41) is 4.23. The number of methoxy groups -OCH3 is 1. The number of nitrogens with two attached hydrogens (primary N) is 1. The summed E-state index contributed by atoms with van der Waals surface area (Å²) in [6, 6.07) is 10.5. The molecule has 9 rings (SSSR count). The molecule has 2 amide bonds. The van der Waals surface area contributed by atoms with E-state index in [9.17, 15) is 9.59 Å². The molecule has 1 spiro atoms. The topological polar surface area (TPSA) is 124 Å². The Morgan fingerprint density at radius 3 is 2.58 bits per heavy atom. The number of β-lactam (4-membered cyclic amide) rings is 1. The van der Waals surface area contributed by atoms with Crippen molar-refractivity contribution in [3.8, 4) is 17.3 Å². The fourth-order valence-corrected chi connectivity index (χ4v) is 8.54. The van der Waals surface area contributed by atoms with Crippen LogP contribution in [0.3, 0.4) is 0 Å². The van der Waals surface area contributed by atoms with E-state index < -0.39 is 0 Å². The van der Waals surface area contributed by atoms with Crippen molar-refractivity contribution in [3.05, 3.63) is 35.9 Å². The second-order valence-electron chi connectivity index (χ2n) is 14.1. The molecule has 1 aromatic carbocycles. The van der Waals surface area contributed by atoms with Crippen molar-refractivity contribution in [1.82, 2.24) is 29.3 Å². The van der Waals surface area contributed by atoms with Crippen LogP contribution >= 0.6 is 0 Å². The number of likely N-dealkylation sites (tertiary alicyclic amines) is 1. The molecule has 11 heteroatoms. The van der Waals surface area contributed by atoms with Crippen LogP contribution in [0.4, 0.5) is 5.82 Å². The fourth-order valence-electron chi connectivity index (χ4n) is 8.54. The van der Waals surface area contributed by atoms with E-state index in [0.717, 1.165) is 91.3 Å². The van der Waals surface area contributed by atoms with Gasteiger partial charge in [0.05, 0.1) is 23.9 Å². The van der Waals surface area contributed by atoms with Gasteiger partial charge in [0.15, 0.2) is 5.82 Å². The Morgan fingerprint density at radius 2 is 1.91 bits per heavy atom. The van der Waals surface area contributed by atoms with Gasteiger partial charge in [-0.25, -0.2) is 9.97 Å². The minimum Gasteiger partial charge on any atom is -0.494 e. The molecular formula is C34H40N8O3. The highest BCUT2D eigenvalue weighted by Crippen LogP contribution is 2.41. The number of hydrogen-bond donors (Lipinski definition) is 2. The highest BCUT2D eigenvalue weighted by Gasteiger charge is 2.47. The van der Waals surface area contributed by atoms with Crippen molar-refractivity contribution in [3.63, 3.8) is 0 Å². The van der Waals surface area contributed by atoms with Gasteiger partial charge < -0.3 is 34.7 Å². The number of ether oxygens (including phenoxy) is 1. The van der Waals surface area contributed by atoms with Gasteiger partial charge in [0.2, 0.25) is 5.91 Å². The zero-order valence-electron chi connectivity index (χ0n) is 26.0. The summed E-state index contributed by atoms with van der Waals surface area (Å²) in [7, 11) is 3.67. The summed E-state index contributed by atoms with van der Waals surface area (Å²) < 4.78 is 10.3. The Hall–Kier alpha value is -4.12. The van der Waals surface area contributed by atoms with Crippen LogP contribution in [0.25, 0.3) is 33.6 Å². The maximum atomic E-state index is 13.7. The van der Waals surface area contributed by atoms with Crippen LogP contribution in [0.5, 0.6) is 5.75 Å². The lowest BCUT2D eigenvalue weighted by molar-refractivity contribution is -0.133. The van der Waals surface area contributed by atoms with Crippen LogP contribution < -0.4 is 20.7 Å². The molecule has 5 fully saturated rings. The van der Waals surface area contributed by atoms with Crippen LogP contribution in [0, 0.1) is 11.8 Å². The Bertz CT molecular complexity index is 1870. The third-order valence-electron chi connectivity index (χ3n) is 11.4. The summed E-state index contributed by atoms with van der Waals surface area (Å²) in [6.45, 7) is 3.38. The molecule has 2 bridgehead atoms. The van der Waals surface area contributed by atoms with Gasteiger partial charge in [0, 0.05) is 62.7 Å². The third-order valence-corrected chi connectivity index (χ3v) is 11.4. The molecule has 4 aromatic rings. The minimum atomic E-state index is -0.0102. The lowest BCUT2D eigenvalue weighted by Crippen LogP contribution is -2.65. The van der Waals surface area contributed by atoms with E-state index in [1.807, 2.05) is 24.1 Å². The zero-order valence-corrected chi connectivity index (χ0v) is 26.0. The molecular weight excluding hydrogens is 568 g/mol. The Kier molecular flexibility index (Phi) is 5.86. The molecule has 2 unspecified atom stereocenters. The first kappa shape index (κ1) is 27.2. The molecule has 0 radical (unpaired) electrons. The largest absolute Gasteiger partial charge is 0.494 e. The maximum absolute atomic E-state index is 13.7. The number of nitrogens with zero attached hydrogens (tertiary/aromatic N) is 6. The highest BCUT2D eigenvalue weighted by molar-refractivity contribution is 6.00. The number of pyridine rings is 1. The molecule has 6 heterocycles. The van der Waals surface area contributed by atoms with Gasteiger partial charge >= 0.3 is 0 Å². The average Bonchev–Trinajstić information content (AvgIpc) is 3.44. The van der Waals surface area contributed by atoms with E-state index in [1.54, 1.807) is 7.11 Å². The minimum absolute atomic E-state index is 0.00736. The first-order chi connectivity index (χ1) is 21.8. The zero-order chi connectivity index (χ0) is 30.6. The Balaban J connectivity index is 1.09. The van der Waals surface area contributed by atoms with Crippen molar-refractivity contribution >= 4 is 39.7 Å². The first-order valence-electron chi connectivity index (χ1n) is 16.5. The predicted molar refractivity (Wildman–Crippen MR) is 171 cm³/mol. The third kappa shape index (κ3) is 4.19. The molecule has 2 aliphatic carbocycles. The van der Waals surface area contributed by atoms with Gasteiger partial charge in [-0.2, -0.15) is 0 Å². The van der Waals surface area contributed by atoms with Gasteiger partial charge in [-0.1, -0.05) is 0 Å². The number of aromatic nitrogens is 4. The highest BCUT2D eigenvalue weighted by atomic mass is 16.5. The van der Waals surface area contributed by atoms with Crippen LogP contribution in [-0.4, -0.2) is 80.2 Å². The molecule has 5 aliphatic rings. The number of nitrogens with one attached hydrogen (secondary N) is 1. The molecule has 234 valence electrons. The number of rotatable bonds is 6. The fraction of sp³-hybridized carbons (Fsp3) is 0.529. The Labute approximate surface area is 261 Å². The van der Waals surface area contributed by atoms with Gasteiger partial charge in [0.1, 0.15) is 22.7 Å². The number of benzene rings is 1. The van der Waals surface area contributed by atoms with Gasteiger partial charge in [-0.05, 0) is 80.7 Å². The number of carbonyl (C=O) groups excluding carboxylic acids is 2. The number of imidazole rings is 1. The van der Waals surface area contributed by atoms with E-state index >= 15 is 0 Å². The summed E-state index contributed by atoms with van der Waals surface area (Å²) in [5.74, 6) is 3.65. The number of anilines is 1. The number of fused-ring (bicyclic) bond motifs is 4. The number of hydrogen-bond acceptors (Lipinski definition) is 7. The lowest BCUT2D eigenvalue weighted by atomic mass is 9.78. The van der Waals surface area contributed by atoms with Crippen LogP contribution in [0.1, 0.15) is 55.3 Å². The molecule has 3 aliphatic heterocycles. The van der Waals surface area contributed by atoms with Crippen molar-refractivity contribution in [2.75, 3.05) is 31.6 Å². The van der Waals surface area contributed by atoms with E-state index in [1.165, 1.54) is 12.8 Å². The van der Waals surface area contributed by atoms with Crippen molar-refractivity contribution < 1.29 is 14.3 Å². The standard InChI is InChI=1S/C34H40N8O3/c1-39-30-23(13-22(15-26(30)45-2)33(44)42-18-21-5-7-24(42)29(21)35)36-32(39)25-14-20-6-8-27(37-31(20)41(25)17-19-3-4-19)40-11-9-34(10-12-40)16-28(43)38-34/h6,8,13-15,19,21,24,29H,3-5,7,9-12,16-18,35H2,1-2H3,(H,38,43)/t21?,24?,29-/m1/s1. The summed E-state index contributed by atoms with van der Waals surface area (Å²) in [6.07, 6.45) is 7.07. The molecule has 45 heavy (non-hydrogen) atoms. The van der Waals surface area contributed by atoms with Crippen LogP contribution in [0.15, 0.2) is 30.3 Å². The first-order valence-corrected chi connectivity index (χ1v) is 16.5. The number of piperidine rings is 2. The maximum Gasteiger partial charge on any atom is 0.254 e. The van der Waals surface area contributed by atoms with Gasteiger partial charge in [-0.3, -0.25) is 9.59 Å². The van der Waals surface area contributed by atoms with E-state index in [4.69, 9.17) is 20.4 Å². The molecule has 3 aromatic heterocycles. The van der Waals surface area contributed by atoms with Crippen molar-refractivity contribution in [2.24, 2.45) is 24.6 Å². The SMILES string of the molecule is COc1cc(C(=O)N2CC3CCC2[C@@H]3N)cc2nc(-c3cc4ccc(N5CCC6(CC5)CC(=O)N6)nc4n3CC3CC3)n(C)c12. The molecule has 3 saturated heterocycles. The predicted octanol–water partition coefficient (Wildman–Crippen LogP) is 3.43. The molecule has 2 saturated carbocycles. The lowest BCUT2D eigenvalue weighted by Gasteiger charge is -2.48. The van der Waals surface area contributed by atoms with Crippen LogP contribution in [-0.2, 0) is 18.4 Å². The Morgan fingerprint density at radius 1 is 1.11 bits per heavy atom. The quantitative estimate of drug-likeness (QED) is 0.322. The summed E-state index contributed by atoms with van der Waals surface area (Å²) in [5.41, 5.74) is 10.6. The van der Waals surface area contributed by atoms with Crippen LogP contribution in [0.2, 0.25) is 0 Å². The average molecular weight is 609 g/mol. The normalized spacial score (nSPS) is 25.4. The number of carbonyl (C=O) groups is 2. The second-order valence-corrected chi connectivity index (χ2v) is 14.1. The molecule has 3 N–H and O–H groups in total. The summed E-state index contributed by atoms with van der Waals surface area (Å²) >= 11 is 0. The van der Waals surface area contributed by atoms with Crippen molar-refractivity contribution in [2.45, 2.75) is 69.1 Å². The second kappa shape index (κ2) is 9.69. The number of amides is 2. The van der Waals surface area contributed by atoms with Gasteiger partial charge in [0.25, 0.3) is 5.91 Å². The van der Waals surface area contributed by atoms with Gasteiger partial charge in [-0.15, -0.1) is 0 Å². The smallest absolute Gasteiger partial charge is 0.254 e.